The number of hydrogen-bond donors (Lipinski definition) is 2. The SMILES string of the molecule is Cc1ccc(-c2cc(CS(=O)O)cc(C(=O)NCc3ccc(C)nc3)c2)nc1. The zero-order chi connectivity index (χ0) is 20.1. The number of amides is 1. The van der Waals surface area contributed by atoms with Crippen LogP contribution in [0.1, 0.15) is 32.7 Å². The van der Waals surface area contributed by atoms with Crippen LogP contribution in [0.3, 0.4) is 0 Å². The molecule has 0 spiro atoms. The first-order chi connectivity index (χ1) is 13.4. The van der Waals surface area contributed by atoms with Gasteiger partial charge in [0, 0.05) is 35.8 Å². The molecule has 3 aromatic rings. The summed E-state index contributed by atoms with van der Waals surface area (Å²) in [5, 5.41) is 2.87. The van der Waals surface area contributed by atoms with Crippen molar-refractivity contribution in [3.8, 4) is 11.3 Å². The molecule has 0 radical (unpaired) electrons. The number of pyridine rings is 2. The summed E-state index contributed by atoms with van der Waals surface area (Å²) in [4.78, 5) is 21.3. The third kappa shape index (κ3) is 5.31. The number of aryl methyl sites for hydroxylation is 2. The molecule has 2 heterocycles. The first-order valence-electron chi connectivity index (χ1n) is 8.75. The van der Waals surface area contributed by atoms with E-state index in [1.807, 2.05) is 38.1 Å². The van der Waals surface area contributed by atoms with E-state index in [9.17, 15) is 13.6 Å². The highest BCUT2D eigenvalue weighted by atomic mass is 32.2. The Morgan fingerprint density at radius 1 is 1.04 bits per heavy atom. The van der Waals surface area contributed by atoms with Crippen LogP contribution < -0.4 is 5.32 Å². The average molecular weight is 395 g/mol. The topological polar surface area (TPSA) is 92.2 Å². The van der Waals surface area contributed by atoms with Gasteiger partial charge in [0.05, 0.1) is 11.4 Å². The Kier molecular flexibility index (Phi) is 6.28. The maximum atomic E-state index is 12.7. The van der Waals surface area contributed by atoms with E-state index < -0.39 is 11.1 Å². The van der Waals surface area contributed by atoms with Crippen LogP contribution in [0.4, 0.5) is 0 Å². The second kappa shape index (κ2) is 8.86. The van der Waals surface area contributed by atoms with E-state index >= 15 is 0 Å². The molecular formula is C21H21N3O3S. The number of carbonyl (C=O) groups is 1. The minimum atomic E-state index is -2.00. The van der Waals surface area contributed by atoms with Crippen molar-refractivity contribution in [2.24, 2.45) is 0 Å². The van der Waals surface area contributed by atoms with Gasteiger partial charge in [-0.3, -0.25) is 14.8 Å². The Bertz CT molecular complexity index is 1000. The number of nitrogens with one attached hydrogen (secondary N) is 1. The summed E-state index contributed by atoms with van der Waals surface area (Å²) in [6.07, 6.45) is 3.47. The molecule has 0 saturated heterocycles. The first-order valence-corrected chi connectivity index (χ1v) is 10.0. The molecule has 0 aliphatic carbocycles. The van der Waals surface area contributed by atoms with Gasteiger partial charge in [-0.1, -0.05) is 12.1 Å². The minimum absolute atomic E-state index is 0.0537. The summed E-state index contributed by atoms with van der Waals surface area (Å²) in [5.74, 6) is -0.318. The van der Waals surface area contributed by atoms with E-state index in [0.717, 1.165) is 22.4 Å². The second-order valence-corrected chi connectivity index (χ2v) is 7.53. The number of nitrogens with zero attached hydrogens (tertiary/aromatic N) is 2. The van der Waals surface area contributed by atoms with Crippen LogP contribution in [0.2, 0.25) is 0 Å². The van der Waals surface area contributed by atoms with Gasteiger partial charge in [-0.15, -0.1) is 0 Å². The van der Waals surface area contributed by atoms with Crippen LogP contribution in [0, 0.1) is 13.8 Å². The lowest BCUT2D eigenvalue weighted by Gasteiger charge is -2.10. The molecule has 2 aromatic heterocycles. The van der Waals surface area contributed by atoms with Gasteiger partial charge < -0.3 is 9.87 Å². The lowest BCUT2D eigenvalue weighted by molar-refractivity contribution is 0.0951. The average Bonchev–Trinajstić information content (AvgIpc) is 2.67. The Labute approximate surface area is 166 Å². The van der Waals surface area contributed by atoms with Crippen LogP contribution in [-0.2, 0) is 23.4 Å². The number of aromatic nitrogens is 2. The fraction of sp³-hybridized carbons (Fsp3) is 0.190. The van der Waals surface area contributed by atoms with Crippen molar-refractivity contribution in [2.45, 2.75) is 26.1 Å². The summed E-state index contributed by atoms with van der Waals surface area (Å²) in [6.45, 7) is 4.20. The third-order valence-electron chi connectivity index (χ3n) is 4.18. The van der Waals surface area contributed by atoms with E-state index in [2.05, 4.69) is 15.3 Å². The standard InChI is InChI=1S/C21H21N3O3S/c1-14-3-6-20(23-10-14)18-7-17(13-28(26)27)8-19(9-18)21(25)24-12-16-5-4-15(2)22-11-16/h3-11H,12-13H2,1-2H3,(H,24,25)(H,26,27). The van der Waals surface area contributed by atoms with Gasteiger partial charge in [-0.25, -0.2) is 4.21 Å². The zero-order valence-electron chi connectivity index (χ0n) is 15.7. The highest BCUT2D eigenvalue weighted by Gasteiger charge is 2.12. The van der Waals surface area contributed by atoms with Crippen LogP contribution in [0.5, 0.6) is 0 Å². The molecule has 1 atom stereocenters. The van der Waals surface area contributed by atoms with Gasteiger partial charge in [-0.2, -0.15) is 0 Å². The Balaban J connectivity index is 1.86. The monoisotopic (exact) mass is 395 g/mol. The highest BCUT2D eigenvalue weighted by Crippen LogP contribution is 2.22. The molecule has 0 aliphatic heterocycles. The summed E-state index contributed by atoms with van der Waals surface area (Å²) in [6, 6.07) is 12.8. The summed E-state index contributed by atoms with van der Waals surface area (Å²) in [7, 11) is 0. The maximum absolute atomic E-state index is 12.7. The van der Waals surface area contributed by atoms with E-state index in [4.69, 9.17) is 0 Å². The van der Waals surface area contributed by atoms with Crippen molar-refractivity contribution in [2.75, 3.05) is 0 Å². The quantitative estimate of drug-likeness (QED) is 0.624. The fourth-order valence-electron chi connectivity index (χ4n) is 2.72. The van der Waals surface area contributed by atoms with Crippen molar-refractivity contribution >= 4 is 17.0 Å². The van der Waals surface area contributed by atoms with Crippen molar-refractivity contribution in [1.82, 2.24) is 15.3 Å². The molecule has 1 unspecified atom stereocenters. The van der Waals surface area contributed by atoms with Crippen LogP contribution in [0.15, 0.2) is 54.9 Å². The van der Waals surface area contributed by atoms with Gasteiger partial charge in [-0.05, 0) is 60.9 Å². The molecule has 0 aliphatic rings. The number of rotatable bonds is 6. The number of benzene rings is 1. The van der Waals surface area contributed by atoms with Crippen molar-refractivity contribution in [3.05, 3.63) is 82.8 Å². The summed E-state index contributed by atoms with van der Waals surface area (Å²) in [5.41, 5.74) is 5.28. The predicted octanol–water partition coefficient (Wildman–Crippen LogP) is 3.41. The van der Waals surface area contributed by atoms with Gasteiger partial charge in [0.15, 0.2) is 11.1 Å². The predicted molar refractivity (Wildman–Crippen MR) is 109 cm³/mol. The van der Waals surface area contributed by atoms with Gasteiger partial charge in [0.25, 0.3) is 5.91 Å². The second-order valence-electron chi connectivity index (χ2n) is 6.60. The molecule has 0 saturated carbocycles. The van der Waals surface area contributed by atoms with E-state index in [-0.39, 0.29) is 11.7 Å². The van der Waals surface area contributed by atoms with Gasteiger partial charge >= 0.3 is 0 Å². The Morgan fingerprint density at radius 2 is 1.86 bits per heavy atom. The van der Waals surface area contributed by atoms with E-state index in [1.54, 1.807) is 30.6 Å². The molecule has 3 rings (SSSR count). The largest absolute Gasteiger partial charge is 0.348 e. The highest BCUT2D eigenvalue weighted by molar-refractivity contribution is 7.78. The Hall–Kier alpha value is -2.90. The number of carbonyl (C=O) groups excluding carboxylic acids is 1. The maximum Gasteiger partial charge on any atom is 0.251 e. The molecule has 28 heavy (non-hydrogen) atoms. The smallest absolute Gasteiger partial charge is 0.251 e. The first kappa shape index (κ1) is 19.9. The lowest BCUT2D eigenvalue weighted by atomic mass is 10.0. The fourth-order valence-corrected chi connectivity index (χ4v) is 3.17. The molecule has 0 bridgehead atoms. The van der Waals surface area contributed by atoms with Crippen molar-refractivity contribution < 1.29 is 13.6 Å². The summed E-state index contributed by atoms with van der Waals surface area (Å²) >= 11 is -2.00. The molecule has 2 N–H and O–H groups in total. The number of hydrogen-bond acceptors (Lipinski definition) is 4. The van der Waals surface area contributed by atoms with Crippen molar-refractivity contribution in [1.29, 1.82) is 0 Å². The molecule has 144 valence electrons. The third-order valence-corrected chi connectivity index (χ3v) is 4.76. The molecular weight excluding hydrogens is 374 g/mol. The van der Waals surface area contributed by atoms with Crippen LogP contribution in [-0.4, -0.2) is 24.6 Å². The molecule has 0 fully saturated rings. The van der Waals surface area contributed by atoms with Gasteiger partial charge in [0.2, 0.25) is 0 Å². The van der Waals surface area contributed by atoms with E-state index in [1.165, 1.54) is 0 Å². The Morgan fingerprint density at radius 3 is 2.50 bits per heavy atom. The van der Waals surface area contributed by atoms with E-state index in [0.29, 0.717) is 23.4 Å². The molecule has 6 nitrogen and oxygen atoms in total. The molecule has 1 aromatic carbocycles. The van der Waals surface area contributed by atoms with Crippen molar-refractivity contribution in [3.63, 3.8) is 0 Å². The van der Waals surface area contributed by atoms with Gasteiger partial charge in [0.1, 0.15) is 0 Å². The van der Waals surface area contributed by atoms with Crippen LogP contribution >= 0.6 is 0 Å². The normalized spacial score (nSPS) is 11.8. The minimum Gasteiger partial charge on any atom is -0.348 e. The lowest BCUT2D eigenvalue weighted by Crippen LogP contribution is -2.23. The molecule has 1 amide bonds. The zero-order valence-corrected chi connectivity index (χ0v) is 16.5. The molecule has 7 heteroatoms. The summed E-state index contributed by atoms with van der Waals surface area (Å²) < 4.78 is 20.5. The van der Waals surface area contributed by atoms with Crippen LogP contribution in [0.25, 0.3) is 11.3 Å².